The summed E-state index contributed by atoms with van der Waals surface area (Å²) in [6.07, 6.45) is 1.15. The number of carbonyl (C=O) groups is 1. The highest BCUT2D eigenvalue weighted by Crippen LogP contribution is 2.25. The van der Waals surface area contributed by atoms with Crippen LogP contribution in [0.2, 0.25) is 5.02 Å². The lowest BCUT2D eigenvalue weighted by atomic mass is 9.99. The van der Waals surface area contributed by atoms with E-state index in [0.717, 1.165) is 12.0 Å². The molecule has 0 saturated heterocycles. The number of hydrogen-bond donors (Lipinski definition) is 0. The molecule has 0 N–H and O–H groups in total. The Kier molecular flexibility index (Phi) is 3.12. The van der Waals surface area contributed by atoms with E-state index >= 15 is 0 Å². The van der Waals surface area contributed by atoms with Crippen LogP contribution >= 0.6 is 11.6 Å². The molecule has 0 atom stereocenters. The quantitative estimate of drug-likeness (QED) is 0.788. The summed E-state index contributed by atoms with van der Waals surface area (Å²) in [5.41, 5.74) is 1.61. The summed E-state index contributed by atoms with van der Waals surface area (Å²) in [7, 11) is 0. The SMILES string of the molecule is N#CCCN1CCc2c(Cl)cccc2C1=O. The number of fused-ring (bicyclic) bond motifs is 1. The molecule has 16 heavy (non-hydrogen) atoms. The Bertz CT molecular complexity index is 465. The van der Waals surface area contributed by atoms with Crippen molar-refractivity contribution in [2.75, 3.05) is 13.1 Å². The van der Waals surface area contributed by atoms with Gasteiger partial charge in [0.25, 0.3) is 5.91 Å². The van der Waals surface area contributed by atoms with Crippen molar-refractivity contribution in [1.29, 1.82) is 5.26 Å². The fourth-order valence-electron chi connectivity index (χ4n) is 1.93. The average molecular weight is 235 g/mol. The zero-order valence-electron chi connectivity index (χ0n) is 8.74. The van der Waals surface area contributed by atoms with Crippen LogP contribution in [0.15, 0.2) is 18.2 Å². The predicted octanol–water partition coefficient (Wildman–Crippen LogP) is 2.25. The van der Waals surface area contributed by atoms with Gasteiger partial charge < -0.3 is 4.90 Å². The minimum absolute atomic E-state index is 0.0148. The topological polar surface area (TPSA) is 44.1 Å². The average Bonchev–Trinajstić information content (AvgIpc) is 2.29. The fourth-order valence-corrected chi connectivity index (χ4v) is 2.20. The highest BCUT2D eigenvalue weighted by atomic mass is 35.5. The predicted molar refractivity (Wildman–Crippen MR) is 61.3 cm³/mol. The Morgan fingerprint density at radius 1 is 1.50 bits per heavy atom. The van der Waals surface area contributed by atoms with Crippen LogP contribution in [0, 0.1) is 11.3 Å². The fraction of sp³-hybridized carbons (Fsp3) is 0.333. The molecule has 1 aromatic carbocycles. The van der Waals surface area contributed by atoms with Crippen LogP contribution in [0.5, 0.6) is 0 Å². The highest BCUT2D eigenvalue weighted by Gasteiger charge is 2.24. The Morgan fingerprint density at radius 2 is 2.31 bits per heavy atom. The van der Waals surface area contributed by atoms with Crippen LogP contribution < -0.4 is 0 Å². The van der Waals surface area contributed by atoms with Crippen molar-refractivity contribution in [3.05, 3.63) is 34.3 Å². The molecular formula is C12H11ClN2O. The van der Waals surface area contributed by atoms with Crippen LogP contribution in [0.25, 0.3) is 0 Å². The molecule has 2 rings (SSSR count). The lowest BCUT2D eigenvalue weighted by Gasteiger charge is -2.28. The molecule has 1 aliphatic heterocycles. The molecule has 1 heterocycles. The van der Waals surface area contributed by atoms with Gasteiger partial charge in [-0.25, -0.2) is 0 Å². The van der Waals surface area contributed by atoms with Crippen molar-refractivity contribution in [1.82, 2.24) is 4.90 Å². The Morgan fingerprint density at radius 3 is 3.06 bits per heavy atom. The maximum absolute atomic E-state index is 12.0. The third-order valence-electron chi connectivity index (χ3n) is 2.76. The van der Waals surface area contributed by atoms with Gasteiger partial charge in [0.05, 0.1) is 12.5 Å². The Hall–Kier alpha value is -1.53. The summed E-state index contributed by atoms with van der Waals surface area (Å²) in [4.78, 5) is 13.7. The number of rotatable bonds is 2. The Labute approximate surface area is 99.2 Å². The van der Waals surface area contributed by atoms with Crippen molar-refractivity contribution in [2.24, 2.45) is 0 Å². The van der Waals surface area contributed by atoms with E-state index in [9.17, 15) is 4.79 Å². The number of nitrogens with zero attached hydrogens (tertiary/aromatic N) is 2. The van der Waals surface area contributed by atoms with Crippen molar-refractivity contribution < 1.29 is 4.79 Å². The molecule has 0 aromatic heterocycles. The summed E-state index contributed by atoms with van der Waals surface area (Å²) in [6, 6.07) is 7.43. The molecule has 1 aromatic rings. The van der Waals surface area contributed by atoms with E-state index in [2.05, 4.69) is 6.07 Å². The van der Waals surface area contributed by atoms with Gasteiger partial charge in [-0.3, -0.25) is 4.79 Å². The van der Waals surface area contributed by atoms with E-state index in [1.807, 2.05) is 0 Å². The van der Waals surface area contributed by atoms with Crippen LogP contribution in [0.3, 0.4) is 0 Å². The molecule has 4 heteroatoms. The number of halogens is 1. The van der Waals surface area contributed by atoms with E-state index in [1.54, 1.807) is 23.1 Å². The lowest BCUT2D eigenvalue weighted by Crippen LogP contribution is -2.38. The zero-order chi connectivity index (χ0) is 11.5. The number of benzene rings is 1. The number of carbonyl (C=O) groups excluding carboxylic acids is 1. The first-order valence-electron chi connectivity index (χ1n) is 5.17. The molecule has 0 spiro atoms. The van der Waals surface area contributed by atoms with Gasteiger partial charge in [-0.05, 0) is 24.1 Å². The summed E-state index contributed by atoms with van der Waals surface area (Å²) in [5, 5.41) is 9.17. The summed E-state index contributed by atoms with van der Waals surface area (Å²) >= 11 is 6.04. The highest BCUT2D eigenvalue weighted by molar-refractivity contribution is 6.32. The first-order chi connectivity index (χ1) is 7.74. The Balaban J connectivity index is 2.26. The van der Waals surface area contributed by atoms with Gasteiger partial charge in [-0.15, -0.1) is 0 Å². The van der Waals surface area contributed by atoms with Gasteiger partial charge in [0.1, 0.15) is 0 Å². The monoisotopic (exact) mass is 234 g/mol. The normalized spacial score (nSPS) is 14.5. The molecule has 0 unspecified atom stereocenters. The maximum atomic E-state index is 12.0. The largest absolute Gasteiger partial charge is 0.337 e. The van der Waals surface area contributed by atoms with Crippen LogP contribution in [-0.4, -0.2) is 23.9 Å². The molecule has 82 valence electrons. The molecule has 0 aliphatic carbocycles. The first-order valence-corrected chi connectivity index (χ1v) is 5.55. The molecule has 0 saturated carbocycles. The molecule has 0 fully saturated rings. The van der Waals surface area contributed by atoms with E-state index in [1.165, 1.54) is 0 Å². The second-order valence-electron chi connectivity index (χ2n) is 3.72. The molecular weight excluding hydrogens is 224 g/mol. The van der Waals surface area contributed by atoms with Gasteiger partial charge >= 0.3 is 0 Å². The second kappa shape index (κ2) is 4.54. The van der Waals surface area contributed by atoms with Crippen LogP contribution in [0.4, 0.5) is 0 Å². The second-order valence-corrected chi connectivity index (χ2v) is 4.12. The maximum Gasteiger partial charge on any atom is 0.254 e. The van der Waals surface area contributed by atoms with E-state index in [-0.39, 0.29) is 5.91 Å². The van der Waals surface area contributed by atoms with Gasteiger partial charge in [-0.1, -0.05) is 17.7 Å². The third kappa shape index (κ3) is 1.89. The van der Waals surface area contributed by atoms with Gasteiger partial charge in [0, 0.05) is 23.7 Å². The molecule has 3 nitrogen and oxygen atoms in total. The van der Waals surface area contributed by atoms with Gasteiger partial charge in [0.15, 0.2) is 0 Å². The smallest absolute Gasteiger partial charge is 0.254 e. The standard InChI is InChI=1S/C12H11ClN2O/c13-11-4-1-3-10-9(11)5-8-15(12(10)16)7-2-6-14/h1,3-4H,2,5,7-8H2. The summed E-state index contributed by atoms with van der Waals surface area (Å²) in [5.74, 6) is -0.0148. The van der Waals surface area contributed by atoms with E-state index in [0.29, 0.717) is 30.1 Å². The van der Waals surface area contributed by atoms with Gasteiger partial charge in [0.2, 0.25) is 0 Å². The summed E-state index contributed by atoms with van der Waals surface area (Å²) < 4.78 is 0. The van der Waals surface area contributed by atoms with Crippen LogP contribution in [0.1, 0.15) is 22.3 Å². The van der Waals surface area contributed by atoms with Crippen molar-refractivity contribution in [3.63, 3.8) is 0 Å². The molecule has 1 aliphatic rings. The number of nitriles is 1. The summed E-state index contributed by atoms with van der Waals surface area (Å²) in [6.45, 7) is 1.15. The minimum atomic E-state index is -0.0148. The van der Waals surface area contributed by atoms with E-state index < -0.39 is 0 Å². The zero-order valence-corrected chi connectivity index (χ0v) is 9.50. The lowest BCUT2D eigenvalue weighted by molar-refractivity contribution is 0.0743. The molecule has 1 amide bonds. The number of amides is 1. The number of hydrogen-bond acceptors (Lipinski definition) is 2. The first kappa shape index (κ1) is 11.0. The van der Waals surface area contributed by atoms with E-state index in [4.69, 9.17) is 16.9 Å². The van der Waals surface area contributed by atoms with Crippen LogP contribution in [-0.2, 0) is 6.42 Å². The molecule has 0 radical (unpaired) electrons. The van der Waals surface area contributed by atoms with Crippen molar-refractivity contribution in [2.45, 2.75) is 12.8 Å². The third-order valence-corrected chi connectivity index (χ3v) is 3.12. The van der Waals surface area contributed by atoms with Crippen molar-refractivity contribution in [3.8, 4) is 6.07 Å². The van der Waals surface area contributed by atoms with Gasteiger partial charge in [-0.2, -0.15) is 5.26 Å². The van der Waals surface area contributed by atoms with Crippen molar-refractivity contribution >= 4 is 17.5 Å². The molecule has 0 bridgehead atoms. The minimum Gasteiger partial charge on any atom is -0.337 e.